The molecule has 0 aromatic carbocycles. The fourth-order valence-electron chi connectivity index (χ4n) is 5.31. The molecule has 0 aliphatic carbocycles. The summed E-state index contributed by atoms with van der Waals surface area (Å²) in [4.78, 5) is 37.6. The first kappa shape index (κ1) is 57.6. The van der Waals surface area contributed by atoms with Gasteiger partial charge in [0.15, 0.2) is 6.10 Å². The second kappa shape index (κ2) is 40.7. The Bertz CT molecular complexity index is 1420. The number of phosphoric acid groups is 1. The molecule has 0 aromatic rings. The van der Waals surface area contributed by atoms with Gasteiger partial charge in [-0.3, -0.25) is 14.2 Å². The van der Waals surface area contributed by atoms with E-state index in [9.17, 15) is 24.2 Å². The number of unbranched alkanes of at least 4 members (excludes halogenated alkanes) is 6. The van der Waals surface area contributed by atoms with E-state index in [-0.39, 0.29) is 32.2 Å². The number of quaternary nitrogens is 1. The summed E-state index contributed by atoms with van der Waals surface area (Å²) in [5, 5.41) is 9.91. The Balaban J connectivity index is 4.56. The molecular formula is C50H82NO9P. The van der Waals surface area contributed by atoms with E-state index in [0.29, 0.717) is 30.3 Å². The molecule has 0 saturated heterocycles. The zero-order valence-corrected chi connectivity index (χ0v) is 39.3. The maximum atomic E-state index is 12.7. The SMILES string of the molecule is CC/C=C\C/C=C\C/C=C\C/C=C\C/C=C\CCCCCC(=O)OC[C@H](COP(=O)([O-])OCC[N+](C)(C)C)OC(=O)CCC/C=C\C/C=C\C/C=C\C=C\[C@@H](O)CCCCC. The lowest BCUT2D eigenvalue weighted by molar-refractivity contribution is -0.870. The molecule has 1 unspecified atom stereocenters. The van der Waals surface area contributed by atoms with Gasteiger partial charge in [-0.25, -0.2) is 0 Å². The van der Waals surface area contributed by atoms with Crippen LogP contribution in [0.5, 0.6) is 0 Å². The lowest BCUT2D eigenvalue weighted by Crippen LogP contribution is -2.37. The Morgan fingerprint density at radius 2 is 1.16 bits per heavy atom. The number of aliphatic hydroxyl groups excluding tert-OH is 1. The van der Waals surface area contributed by atoms with Gasteiger partial charge in [0.1, 0.15) is 19.8 Å². The van der Waals surface area contributed by atoms with Gasteiger partial charge < -0.3 is 33.0 Å². The minimum Gasteiger partial charge on any atom is -0.756 e. The van der Waals surface area contributed by atoms with Crippen LogP contribution in [0, 0.1) is 0 Å². The van der Waals surface area contributed by atoms with Gasteiger partial charge in [0.2, 0.25) is 0 Å². The summed E-state index contributed by atoms with van der Waals surface area (Å²) >= 11 is 0. The van der Waals surface area contributed by atoms with Crippen LogP contribution in [0.4, 0.5) is 0 Å². The minimum absolute atomic E-state index is 0.0617. The number of nitrogens with zero attached hydrogens (tertiary/aromatic N) is 1. The van der Waals surface area contributed by atoms with Crippen molar-refractivity contribution in [1.29, 1.82) is 0 Å². The Morgan fingerprint density at radius 1 is 0.623 bits per heavy atom. The van der Waals surface area contributed by atoms with Crippen molar-refractivity contribution in [3.8, 4) is 0 Å². The molecule has 0 aromatic heterocycles. The molecule has 0 rings (SSSR count). The zero-order chi connectivity index (χ0) is 45.1. The third-order valence-corrected chi connectivity index (χ3v) is 9.85. The number of ether oxygens (including phenoxy) is 2. The van der Waals surface area contributed by atoms with Crippen molar-refractivity contribution in [2.24, 2.45) is 0 Å². The summed E-state index contributed by atoms with van der Waals surface area (Å²) in [5.41, 5.74) is 0. The molecule has 1 N–H and O–H groups in total. The van der Waals surface area contributed by atoms with Crippen molar-refractivity contribution in [2.45, 2.75) is 148 Å². The summed E-state index contributed by atoms with van der Waals surface area (Å²) in [7, 11) is 1.06. The van der Waals surface area contributed by atoms with E-state index < -0.39 is 32.5 Å². The first-order valence-corrected chi connectivity index (χ1v) is 24.2. The highest BCUT2D eigenvalue weighted by atomic mass is 31.2. The van der Waals surface area contributed by atoms with Crippen LogP contribution in [0.25, 0.3) is 0 Å². The number of aliphatic hydroxyl groups is 1. The summed E-state index contributed by atoms with van der Waals surface area (Å²) in [5.74, 6) is -0.977. The van der Waals surface area contributed by atoms with Gasteiger partial charge in [-0.15, -0.1) is 0 Å². The monoisotopic (exact) mass is 872 g/mol. The van der Waals surface area contributed by atoms with E-state index >= 15 is 0 Å². The number of rotatable bonds is 39. The van der Waals surface area contributed by atoms with Crippen molar-refractivity contribution in [3.05, 3.63) is 109 Å². The second-order valence-electron chi connectivity index (χ2n) is 15.9. The van der Waals surface area contributed by atoms with Crippen LogP contribution in [0.2, 0.25) is 0 Å². The zero-order valence-electron chi connectivity index (χ0n) is 38.4. The minimum atomic E-state index is -4.67. The van der Waals surface area contributed by atoms with Crippen LogP contribution in [0.1, 0.15) is 136 Å². The molecule has 0 radical (unpaired) electrons. The van der Waals surface area contributed by atoms with Crippen LogP contribution >= 0.6 is 7.82 Å². The highest BCUT2D eigenvalue weighted by molar-refractivity contribution is 7.45. The third-order valence-electron chi connectivity index (χ3n) is 8.88. The highest BCUT2D eigenvalue weighted by Crippen LogP contribution is 2.38. The largest absolute Gasteiger partial charge is 0.756 e. The first-order valence-electron chi connectivity index (χ1n) is 22.7. The lowest BCUT2D eigenvalue weighted by Gasteiger charge is -2.28. The van der Waals surface area contributed by atoms with Gasteiger partial charge in [-0.2, -0.15) is 0 Å². The molecule has 0 fully saturated rings. The van der Waals surface area contributed by atoms with Gasteiger partial charge in [0.25, 0.3) is 7.82 Å². The van der Waals surface area contributed by atoms with Crippen LogP contribution in [-0.4, -0.2) is 81.2 Å². The van der Waals surface area contributed by atoms with Gasteiger partial charge in [0.05, 0.1) is 33.9 Å². The molecule has 0 saturated carbocycles. The van der Waals surface area contributed by atoms with E-state index in [1.54, 1.807) is 0 Å². The number of esters is 2. The van der Waals surface area contributed by atoms with Crippen molar-refractivity contribution >= 4 is 19.8 Å². The smallest absolute Gasteiger partial charge is 0.306 e. The number of carbonyl (C=O) groups excluding carboxylic acids is 2. The summed E-state index contributed by atoms with van der Waals surface area (Å²) in [6, 6.07) is 0. The van der Waals surface area contributed by atoms with Crippen molar-refractivity contribution in [2.75, 3.05) is 47.5 Å². The molecule has 0 aliphatic rings. The Kier molecular flexibility index (Phi) is 38.4. The Morgan fingerprint density at radius 3 is 1.74 bits per heavy atom. The van der Waals surface area contributed by atoms with Gasteiger partial charge in [-0.05, 0) is 83.5 Å². The van der Waals surface area contributed by atoms with Crippen LogP contribution < -0.4 is 4.89 Å². The molecule has 346 valence electrons. The maximum Gasteiger partial charge on any atom is 0.306 e. The summed E-state index contributed by atoms with van der Waals surface area (Å²) in [6.45, 7) is 3.84. The van der Waals surface area contributed by atoms with Crippen LogP contribution in [-0.2, 0) is 32.7 Å². The highest BCUT2D eigenvalue weighted by Gasteiger charge is 2.21. The molecule has 11 heteroatoms. The van der Waals surface area contributed by atoms with E-state index in [1.165, 1.54) is 0 Å². The molecule has 3 atom stereocenters. The molecule has 0 spiro atoms. The van der Waals surface area contributed by atoms with Crippen molar-refractivity contribution < 1.29 is 47.2 Å². The number of allylic oxidation sites excluding steroid dienone is 17. The summed E-state index contributed by atoms with van der Waals surface area (Å²) in [6.07, 6.45) is 51.6. The predicted octanol–water partition coefficient (Wildman–Crippen LogP) is 11.5. The van der Waals surface area contributed by atoms with Crippen LogP contribution in [0.3, 0.4) is 0 Å². The van der Waals surface area contributed by atoms with Crippen molar-refractivity contribution in [1.82, 2.24) is 0 Å². The Labute approximate surface area is 370 Å². The number of phosphoric ester groups is 1. The van der Waals surface area contributed by atoms with Gasteiger partial charge >= 0.3 is 11.9 Å². The molecule has 0 amide bonds. The van der Waals surface area contributed by atoms with Gasteiger partial charge in [-0.1, -0.05) is 149 Å². The quantitative estimate of drug-likeness (QED) is 0.0160. The van der Waals surface area contributed by atoms with Crippen LogP contribution in [0.15, 0.2) is 109 Å². The van der Waals surface area contributed by atoms with Gasteiger partial charge in [0, 0.05) is 12.8 Å². The molecule has 0 bridgehead atoms. The van der Waals surface area contributed by atoms with E-state index in [2.05, 4.69) is 86.8 Å². The van der Waals surface area contributed by atoms with Crippen molar-refractivity contribution in [3.63, 3.8) is 0 Å². The predicted molar refractivity (Wildman–Crippen MR) is 251 cm³/mol. The topological polar surface area (TPSA) is 131 Å². The lowest BCUT2D eigenvalue weighted by atomic mass is 10.1. The average Bonchev–Trinajstić information content (AvgIpc) is 3.21. The fraction of sp³-hybridized carbons (Fsp3) is 0.600. The number of hydrogen-bond acceptors (Lipinski definition) is 9. The third kappa shape index (κ3) is 44.5. The number of likely N-dealkylation sites (N-methyl/N-ethyl adjacent to an activating group) is 1. The first-order chi connectivity index (χ1) is 29.4. The average molecular weight is 872 g/mol. The molecule has 10 nitrogen and oxygen atoms in total. The normalized spacial score (nSPS) is 15.1. The maximum absolute atomic E-state index is 12.7. The number of carbonyl (C=O) groups is 2. The molecular weight excluding hydrogens is 790 g/mol. The number of hydrogen-bond donors (Lipinski definition) is 1. The molecule has 61 heavy (non-hydrogen) atoms. The van der Waals surface area contributed by atoms with E-state index in [0.717, 1.165) is 89.9 Å². The second-order valence-corrected chi connectivity index (χ2v) is 17.3. The van der Waals surface area contributed by atoms with E-state index in [1.807, 2.05) is 57.6 Å². The standard InChI is InChI=1S/C50H82NO9P/c1-6-8-10-11-12-13-14-15-16-17-18-19-20-21-24-27-30-33-37-41-49(53)57-45-48(46-59-61(55,56)58-44-43-51(3,4)5)60-50(54)42-38-34-31-28-25-22-23-26-29-32-36-40-47(52)39-35-9-7-2/h8,10,12-13,15-16,18-19,21-24,28-29,31-32,36,40,47-48,52H,6-7,9,11,14,17,20,25-27,30,33-35,37-39,41-46H2,1-5H3/b10-8-,13-12-,16-15-,19-18-,23-22-,24-21-,31-28-,32-29-,40-36+/t47-,48+/m0/s1. The fourth-order valence-corrected chi connectivity index (χ4v) is 6.04. The molecule has 0 heterocycles. The molecule has 0 aliphatic heterocycles. The van der Waals surface area contributed by atoms with E-state index in [4.69, 9.17) is 18.5 Å². The Hall–Kier alpha value is -3.37. The summed E-state index contributed by atoms with van der Waals surface area (Å²) < 4.78 is 33.8.